The third kappa shape index (κ3) is 3.89. The van der Waals surface area contributed by atoms with E-state index in [9.17, 15) is 18.5 Å². The maximum absolute atomic E-state index is 11.1. The van der Waals surface area contributed by atoms with Crippen LogP contribution >= 0.6 is 0 Å². The molecular weight excluding hydrogens is 274 g/mol. The molecule has 108 valence electrons. The predicted octanol–water partition coefficient (Wildman–Crippen LogP) is 0.152. The van der Waals surface area contributed by atoms with E-state index in [1.54, 1.807) is 20.9 Å². The van der Waals surface area contributed by atoms with Crippen molar-refractivity contribution in [2.75, 3.05) is 17.6 Å². The third-order valence-electron chi connectivity index (χ3n) is 2.46. The SMILES string of the molecule is CC(C)c1nn(C)c(NCCS(N)(=O)=O)c1[N+](=O)[O-]. The normalized spacial score (nSPS) is 11.8. The summed E-state index contributed by atoms with van der Waals surface area (Å²) < 4.78 is 23.0. The fourth-order valence-electron chi connectivity index (χ4n) is 1.61. The van der Waals surface area contributed by atoms with Crippen molar-refractivity contribution in [1.29, 1.82) is 0 Å². The lowest BCUT2D eigenvalue weighted by Crippen LogP contribution is -2.23. The van der Waals surface area contributed by atoms with E-state index in [4.69, 9.17) is 5.14 Å². The highest BCUT2D eigenvalue weighted by Crippen LogP contribution is 2.32. The zero-order valence-electron chi connectivity index (χ0n) is 11.0. The van der Waals surface area contributed by atoms with E-state index in [-0.39, 0.29) is 29.7 Å². The van der Waals surface area contributed by atoms with E-state index >= 15 is 0 Å². The number of hydrogen-bond donors (Lipinski definition) is 2. The smallest absolute Gasteiger partial charge is 0.334 e. The van der Waals surface area contributed by atoms with Crippen LogP contribution in [0, 0.1) is 10.1 Å². The first-order valence-electron chi connectivity index (χ1n) is 5.59. The Bertz CT molecular complexity index is 578. The molecular formula is C9H17N5O4S. The highest BCUT2D eigenvalue weighted by atomic mass is 32.2. The lowest BCUT2D eigenvalue weighted by Gasteiger charge is -2.05. The van der Waals surface area contributed by atoms with Crippen LogP contribution in [-0.4, -0.2) is 35.4 Å². The summed E-state index contributed by atoms with van der Waals surface area (Å²) >= 11 is 0. The average Bonchev–Trinajstić information content (AvgIpc) is 2.54. The van der Waals surface area contributed by atoms with Gasteiger partial charge in [0.1, 0.15) is 5.69 Å². The maximum atomic E-state index is 11.1. The van der Waals surface area contributed by atoms with E-state index in [1.807, 2.05) is 0 Å². The van der Waals surface area contributed by atoms with Crippen molar-refractivity contribution in [3.8, 4) is 0 Å². The number of nitrogens with zero attached hydrogens (tertiary/aromatic N) is 3. The molecule has 1 rings (SSSR count). The second-order valence-corrected chi connectivity index (χ2v) is 6.15. The molecule has 0 amide bonds. The number of nitro groups is 1. The Morgan fingerprint density at radius 2 is 2.11 bits per heavy atom. The summed E-state index contributed by atoms with van der Waals surface area (Å²) in [6, 6.07) is 0. The van der Waals surface area contributed by atoms with Gasteiger partial charge in [0.05, 0.1) is 10.7 Å². The summed E-state index contributed by atoms with van der Waals surface area (Å²) in [7, 11) is -2.06. The summed E-state index contributed by atoms with van der Waals surface area (Å²) in [5.41, 5.74) is 0.220. The van der Waals surface area contributed by atoms with Crippen LogP contribution in [0.1, 0.15) is 25.5 Å². The van der Waals surface area contributed by atoms with Crippen molar-refractivity contribution in [3.05, 3.63) is 15.8 Å². The summed E-state index contributed by atoms with van der Waals surface area (Å²) in [6.45, 7) is 3.57. The lowest BCUT2D eigenvalue weighted by atomic mass is 10.1. The largest absolute Gasteiger partial charge is 0.363 e. The molecule has 0 spiro atoms. The highest BCUT2D eigenvalue weighted by molar-refractivity contribution is 7.89. The monoisotopic (exact) mass is 291 g/mol. The number of aromatic nitrogens is 2. The molecule has 9 nitrogen and oxygen atoms in total. The van der Waals surface area contributed by atoms with Gasteiger partial charge in [-0.3, -0.25) is 10.1 Å². The van der Waals surface area contributed by atoms with Gasteiger partial charge in [-0.05, 0) is 0 Å². The van der Waals surface area contributed by atoms with Crippen molar-refractivity contribution >= 4 is 21.5 Å². The number of nitrogens with two attached hydrogens (primary N) is 1. The third-order valence-corrected chi connectivity index (χ3v) is 3.23. The number of nitrogens with one attached hydrogen (secondary N) is 1. The molecule has 0 aliphatic heterocycles. The Labute approximate surface area is 111 Å². The van der Waals surface area contributed by atoms with Crippen LogP contribution < -0.4 is 10.5 Å². The van der Waals surface area contributed by atoms with Gasteiger partial charge in [0.2, 0.25) is 15.8 Å². The van der Waals surface area contributed by atoms with Gasteiger partial charge in [-0.25, -0.2) is 18.2 Å². The van der Waals surface area contributed by atoms with Gasteiger partial charge in [0, 0.05) is 19.5 Å². The number of anilines is 1. The summed E-state index contributed by atoms with van der Waals surface area (Å²) in [4.78, 5) is 10.6. The molecule has 0 atom stereocenters. The van der Waals surface area contributed by atoms with Crippen LogP contribution in [0.5, 0.6) is 0 Å². The molecule has 0 radical (unpaired) electrons. The second-order valence-electron chi connectivity index (χ2n) is 4.41. The van der Waals surface area contributed by atoms with Crippen LogP contribution in [0.25, 0.3) is 0 Å². The molecule has 0 fully saturated rings. The standard InChI is InChI=1S/C9H17N5O4S/c1-6(2)7-8(14(15)16)9(13(3)12-7)11-4-5-19(10,17)18/h6,11H,4-5H2,1-3H3,(H2,10,17,18). The van der Waals surface area contributed by atoms with Crippen LogP contribution in [0.2, 0.25) is 0 Å². The van der Waals surface area contributed by atoms with E-state index < -0.39 is 14.9 Å². The first-order valence-corrected chi connectivity index (χ1v) is 7.30. The molecule has 10 heteroatoms. The Balaban J connectivity index is 3.03. The molecule has 3 N–H and O–H groups in total. The average molecular weight is 291 g/mol. The van der Waals surface area contributed by atoms with Gasteiger partial charge >= 0.3 is 5.69 Å². The molecule has 1 aromatic heterocycles. The van der Waals surface area contributed by atoms with Crippen LogP contribution in [-0.2, 0) is 17.1 Å². The number of hydrogen-bond acceptors (Lipinski definition) is 6. The minimum Gasteiger partial charge on any atom is -0.363 e. The zero-order chi connectivity index (χ0) is 14.8. The first-order chi connectivity index (χ1) is 8.63. The highest BCUT2D eigenvalue weighted by Gasteiger charge is 2.28. The topological polar surface area (TPSA) is 133 Å². The van der Waals surface area contributed by atoms with Gasteiger partial charge in [0.15, 0.2) is 0 Å². The molecule has 0 saturated heterocycles. The van der Waals surface area contributed by atoms with Crippen molar-refractivity contribution in [2.45, 2.75) is 19.8 Å². The van der Waals surface area contributed by atoms with E-state index in [1.165, 1.54) is 4.68 Å². The van der Waals surface area contributed by atoms with Gasteiger partial charge in [0.25, 0.3) is 0 Å². The number of aryl methyl sites for hydroxylation is 1. The Kier molecular flexibility index (Phi) is 4.48. The van der Waals surface area contributed by atoms with Crippen molar-refractivity contribution in [1.82, 2.24) is 9.78 Å². The molecule has 19 heavy (non-hydrogen) atoms. The van der Waals surface area contributed by atoms with Gasteiger partial charge in [-0.1, -0.05) is 13.8 Å². The zero-order valence-corrected chi connectivity index (χ0v) is 11.8. The minimum atomic E-state index is -3.61. The van der Waals surface area contributed by atoms with Crippen LogP contribution in [0.15, 0.2) is 0 Å². The van der Waals surface area contributed by atoms with Crippen molar-refractivity contribution in [3.63, 3.8) is 0 Å². The summed E-state index contributed by atoms with van der Waals surface area (Å²) in [6.07, 6.45) is 0. The van der Waals surface area contributed by atoms with Crippen LogP contribution in [0.3, 0.4) is 0 Å². The molecule has 0 aliphatic rings. The van der Waals surface area contributed by atoms with Gasteiger partial charge < -0.3 is 5.32 Å². The predicted molar refractivity (Wildman–Crippen MR) is 70.4 cm³/mol. The molecule has 0 aliphatic carbocycles. The maximum Gasteiger partial charge on any atom is 0.334 e. The fourth-order valence-corrected chi connectivity index (χ4v) is 2.00. The molecule has 1 aromatic rings. The first kappa shape index (κ1) is 15.4. The fraction of sp³-hybridized carbons (Fsp3) is 0.667. The molecule has 0 saturated carbocycles. The number of primary sulfonamides is 1. The van der Waals surface area contributed by atoms with Gasteiger partial charge in [-0.15, -0.1) is 0 Å². The molecule has 0 unspecified atom stereocenters. The van der Waals surface area contributed by atoms with E-state index in [0.29, 0.717) is 5.69 Å². The second kappa shape index (κ2) is 5.53. The van der Waals surface area contributed by atoms with E-state index in [2.05, 4.69) is 10.4 Å². The summed E-state index contributed by atoms with van der Waals surface area (Å²) in [5.74, 6) is -0.246. The Hall–Kier alpha value is -1.68. The quantitative estimate of drug-likeness (QED) is 0.566. The van der Waals surface area contributed by atoms with Crippen molar-refractivity contribution in [2.24, 2.45) is 12.2 Å². The van der Waals surface area contributed by atoms with Crippen molar-refractivity contribution < 1.29 is 13.3 Å². The Morgan fingerprint density at radius 3 is 2.53 bits per heavy atom. The van der Waals surface area contributed by atoms with Gasteiger partial charge in [-0.2, -0.15) is 5.10 Å². The van der Waals surface area contributed by atoms with E-state index in [0.717, 1.165) is 0 Å². The molecule has 1 heterocycles. The van der Waals surface area contributed by atoms with Crippen LogP contribution in [0.4, 0.5) is 11.5 Å². The molecule has 0 bridgehead atoms. The number of rotatable bonds is 6. The number of sulfonamides is 1. The minimum absolute atomic E-state index is 0.0171. The summed E-state index contributed by atoms with van der Waals surface area (Å²) in [5, 5.41) is 22.7. The lowest BCUT2D eigenvalue weighted by molar-refractivity contribution is -0.384. The Morgan fingerprint density at radius 1 is 1.53 bits per heavy atom. The molecule has 0 aromatic carbocycles.